The zero-order chi connectivity index (χ0) is 6.91. The standard InChI is InChI=1S/C5H9O3S/c1-9(6,7)8-5-3-2-4-5/h2,5H,3-4H2,1H3. The third kappa shape index (κ3) is 2.32. The molecular formula is C5H9O3S. The van der Waals surface area contributed by atoms with Gasteiger partial charge in [0.1, 0.15) is 0 Å². The summed E-state index contributed by atoms with van der Waals surface area (Å²) in [5.74, 6) is 0. The van der Waals surface area contributed by atoms with Crippen molar-refractivity contribution in [1.82, 2.24) is 0 Å². The maximum atomic E-state index is 10.4. The molecule has 1 radical (unpaired) electrons. The molecule has 1 aliphatic carbocycles. The zero-order valence-electron chi connectivity index (χ0n) is 5.20. The van der Waals surface area contributed by atoms with Crippen LogP contribution in [-0.4, -0.2) is 20.8 Å². The smallest absolute Gasteiger partial charge is 0.264 e. The minimum atomic E-state index is -3.20. The van der Waals surface area contributed by atoms with Gasteiger partial charge in [-0.3, -0.25) is 4.18 Å². The molecule has 0 aromatic heterocycles. The highest BCUT2D eigenvalue weighted by Gasteiger charge is 2.22. The topological polar surface area (TPSA) is 43.4 Å². The van der Waals surface area contributed by atoms with Crippen LogP contribution in [0.1, 0.15) is 12.8 Å². The van der Waals surface area contributed by atoms with Crippen LogP contribution in [0.4, 0.5) is 0 Å². The van der Waals surface area contributed by atoms with E-state index in [0.717, 1.165) is 19.1 Å². The molecule has 1 aliphatic rings. The number of hydrogen-bond donors (Lipinski definition) is 0. The van der Waals surface area contributed by atoms with E-state index in [9.17, 15) is 8.42 Å². The van der Waals surface area contributed by atoms with Crippen molar-refractivity contribution in [3.05, 3.63) is 6.42 Å². The molecule has 4 heteroatoms. The van der Waals surface area contributed by atoms with Gasteiger partial charge in [-0.05, 0) is 19.3 Å². The van der Waals surface area contributed by atoms with Gasteiger partial charge in [0.15, 0.2) is 0 Å². The highest BCUT2D eigenvalue weighted by atomic mass is 32.2. The van der Waals surface area contributed by atoms with Gasteiger partial charge >= 0.3 is 0 Å². The van der Waals surface area contributed by atoms with Crippen LogP contribution in [0.3, 0.4) is 0 Å². The SMILES string of the molecule is CS(=O)(=O)OC1C[CH]C1. The number of hydrogen-bond acceptors (Lipinski definition) is 3. The van der Waals surface area contributed by atoms with E-state index in [1.165, 1.54) is 0 Å². The van der Waals surface area contributed by atoms with E-state index in [4.69, 9.17) is 0 Å². The molecule has 9 heavy (non-hydrogen) atoms. The summed E-state index contributed by atoms with van der Waals surface area (Å²) in [6, 6.07) is 0. The second-order valence-electron chi connectivity index (χ2n) is 2.18. The second kappa shape index (κ2) is 2.27. The quantitative estimate of drug-likeness (QED) is 0.531. The second-order valence-corrected chi connectivity index (χ2v) is 3.78. The van der Waals surface area contributed by atoms with Crippen molar-refractivity contribution in [2.24, 2.45) is 0 Å². The fraction of sp³-hybridized carbons (Fsp3) is 0.800. The number of rotatable bonds is 2. The van der Waals surface area contributed by atoms with Crippen molar-refractivity contribution in [3.63, 3.8) is 0 Å². The minimum Gasteiger partial charge on any atom is -0.267 e. The van der Waals surface area contributed by atoms with Crippen molar-refractivity contribution in [2.75, 3.05) is 6.26 Å². The molecule has 0 saturated heterocycles. The average molecular weight is 149 g/mol. The maximum absolute atomic E-state index is 10.4. The Morgan fingerprint density at radius 1 is 1.56 bits per heavy atom. The largest absolute Gasteiger partial charge is 0.267 e. The molecule has 0 spiro atoms. The van der Waals surface area contributed by atoms with Crippen LogP contribution in [0, 0.1) is 6.42 Å². The van der Waals surface area contributed by atoms with Gasteiger partial charge in [-0.2, -0.15) is 8.42 Å². The van der Waals surface area contributed by atoms with Crippen LogP contribution in [0.5, 0.6) is 0 Å². The van der Waals surface area contributed by atoms with Crippen LogP contribution in [0.15, 0.2) is 0 Å². The van der Waals surface area contributed by atoms with Gasteiger partial charge in [-0.15, -0.1) is 0 Å². The predicted molar refractivity (Wildman–Crippen MR) is 33.3 cm³/mol. The van der Waals surface area contributed by atoms with Gasteiger partial charge in [0.05, 0.1) is 12.4 Å². The summed E-state index contributed by atoms with van der Waals surface area (Å²) in [6.07, 6.45) is 4.54. The Labute approximate surface area is 55.1 Å². The predicted octanol–water partition coefficient (Wildman–Crippen LogP) is 0.329. The molecular weight excluding hydrogens is 140 g/mol. The Balaban J connectivity index is 2.33. The summed E-state index contributed by atoms with van der Waals surface area (Å²) < 4.78 is 25.4. The molecule has 0 aliphatic heterocycles. The average Bonchev–Trinajstić information content (AvgIpc) is 1.53. The third-order valence-electron chi connectivity index (χ3n) is 1.17. The Morgan fingerprint density at radius 3 is 2.22 bits per heavy atom. The molecule has 1 fully saturated rings. The van der Waals surface area contributed by atoms with Gasteiger partial charge in [0, 0.05) is 0 Å². The van der Waals surface area contributed by atoms with E-state index in [0.29, 0.717) is 0 Å². The van der Waals surface area contributed by atoms with Crippen LogP contribution < -0.4 is 0 Å². The highest BCUT2D eigenvalue weighted by Crippen LogP contribution is 2.21. The molecule has 0 aromatic carbocycles. The van der Waals surface area contributed by atoms with Crippen molar-refractivity contribution in [1.29, 1.82) is 0 Å². The lowest BCUT2D eigenvalue weighted by Crippen LogP contribution is -2.24. The lowest BCUT2D eigenvalue weighted by Gasteiger charge is -2.23. The zero-order valence-corrected chi connectivity index (χ0v) is 6.02. The Hall–Kier alpha value is -0.0900. The van der Waals surface area contributed by atoms with E-state index in [2.05, 4.69) is 4.18 Å². The molecule has 0 atom stereocenters. The molecule has 1 rings (SSSR count). The molecule has 0 amide bonds. The fourth-order valence-corrected chi connectivity index (χ4v) is 1.28. The monoisotopic (exact) mass is 149 g/mol. The van der Waals surface area contributed by atoms with Gasteiger partial charge in [0.25, 0.3) is 10.1 Å². The highest BCUT2D eigenvalue weighted by molar-refractivity contribution is 7.86. The summed E-state index contributed by atoms with van der Waals surface area (Å²) in [7, 11) is -3.20. The Kier molecular flexibility index (Phi) is 1.77. The maximum Gasteiger partial charge on any atom is 0.264 e. The lowest BCUT2D eigenvalue weighted by atomic mass is 9.97. The molecule has 0 bridgehead atoms. The van der Waals surface area contributed by atoms with Crippen molar-refractivity contribution in [2.45, 2.75) is 18.9 Å². The van der Waals surface area contributed by atoms with Gasteiger partial charge < -0.3 is 0 Å². The summed E-state index contributed by atoms with van der Waals surface area (Å²) >= 11 is 0. The summed E-state index contributed by atoms with van der Waals surface area (Å²) in [5, 5.41) is 0. The first-order valence-electron chi connectivity index (χ1n) is 2.78. The molecule has 53 valence electrons. The molecule has 3 nitrogen and oxygen atoms in total. The molecule has 0 unspecified atom stereocenters. The van der Waals surface area contributed by atoms with Gasteiger partial charge in [-0.25, -0.2) is 0 Å². The minimum absolute atomic E-state index is 0.0694. The van der Waals surface area contributed by atoms with Crippen molar-refractivity contribution in [3.8, 4) is 0 Å². The fourth-order valence-electron chi connectivity index (χ4n) is 0.629. The molecule has 0 N–H and O–H groups in total. The first-order chi connectivity index (χ1) is 4.08. The summed E-state index contributed by atoms with van der Waals surface area (Å²) in [5.41, 5.74) is 0. The van der Waals surface area contributed by atoms with Gasteiger partial charge in [0.2, 0.25) is 0 Å². The normalized spacial score (nSPS) is 21.4. The van der Waals surface area contributed by atoms with Crippen LogP contribution in [0.2, 0.25) is 0 Å². The molecule has 0 aromatic rings. The van der Waals surface area contributed by atoms with E-state index in [-0.39, 0.29) is 6.10 Å². The van der Waals surface area contributed by atoms with Crippen LogP contribution >= 0.6 is 0 Å². The van der Waals surface area contributed by atoms with Gasteiger partial charge in [-0.1, -0.05) is 0 Å². The summed E-state index contributed by atoms with van der Waals surface area (Å²) in [4.78, 5) is 0. The lowest BCUT2D eigenvalue weighted by molar-refractivity contribution is 0.168. The summed E-state index contributed by atoms with van der Waals surface area (Å²) in [6.45, 7) is 0. The Morgan fingerprint density at radius 2 is 2.11 bits per heavy atom. The molecule has 1 saturated carbocycles. The first kappa shape index (κ1) is 7.02. The van der Waals surface area contributed by atoms with Crippen molar-refractivity contribution >= 4 is 10.1 Å². The molecule has 0 heterocycles. The van der Waals surface area contributed by atoms with E-state index in [1.54, 1.807) is 0 Å². The first-order valence-corrected chi connectivity index (χ1v) is 4.59. The van der Waals surface area contributed by atoms with E-state index < -0.39 is 10.1 Å². The van der Waals surface area contributed by atoms with E-state index in [1.807, 2.05) is 6.42 Å². The van der Waals surface area contributed by atoms with Crippen LogP contribution in [-0.2, 0) is 14.3 Å². The van der Waals surface area contributed by atoms with Crippen molar-refractivity contribution < 1.29 is 12.6 Å². The third-order valence-corrected chi connectivity index (χ3v) is 1.79. The Bertz CT molecular complexity index is 178. The van der Waals surface area contributed by atoms with Crippen LogP contribution in [0.25, 0.3) is 0 Å². The van der Waals surface area contributed by atoms with E-state index >= 15 is 0 Å².